The number of aryl methyl sites for hydroxylation is 1. The van der Waals surface area contributed by atoms with E-state index < -0.39 is 10.0 Å². The fourth-order valence-corrected chi connectivity index (χ4v) is 4.04. The first-order valence-electron chi connectivity index (χ1n) is 6.90. The van der Waals surface area contributed by atoms with E-state index in [1.807, 2.05) is 11.4 Å². The summed E-state index contributed by atoms with van der Waals surface area (Å²) in [6.45, 7) is 1.26. The Morgan fingerprint density at radius 2 is 2.29 bits per heavy atom. The van der Waals surface area contributed by atoms with E-state index >= 15 is 0 Å². The van der Waals surface area contributed by atoms with E-state index in [1.165, 1.54) is 16.9 Å². The van der Waals surface area contributed by atoms with Crippen LogP contribution >= 0.6 is 11.3 Å². The lowest BCUT2D eigenvalue weighted by atomic mass is 10.0. The van der Waals surface area contributed by atoms with Gasteiger partial charge in [-0.3, -0.25) is 0 Å². The van der Waals surface area contributed by atoms with Crippen molar-refractivity contribution < 1.29 is 8.42 Å². The maximum Gasteiger partial charge on any atom is 0.240 e. The highest BCUT2D eigenvalue weighted by molar-refractivity contribution is 7.89. The molecule has 1 aromatic heterocycles. The molecule has 7 heteroatoms. The fourth-order valence-electron chi connectivity index (χ4n) is 2.36. The van der Waals surface area contributed by atoms with Crippen molar-refractivity contribution in [1.82, 2.24) is 9.71 Å². The van der Waals surface area contributed by atoms with Gasteiger partial charge in [0.1, 0.15) is 0 Å². The van der Waals surface area contributed by atoms with Crippen LogP contribution < -0.4 is 10.0 Å². The summed E-state index contributed by atoms with van der Waals surface area (Å²) >= 11 is 1.53. The van der Waals surface area contributed by atoms with Crippen molar-refractivity contribution in [3.05, 3.63) is 40.3 Å². The van der Waals surface area contributed by atoms with Crippen molar-refractivity contribution in [2.75, 3.05) is 18.4 Å². The summed E-state index contributed by atoms with van der Waals surface area (Å²) in [4.78, 5) is 4.45. The Balaban J connectivity index is 1.69. The highest BCUT2D eigenvalue weighted by atomic mass is 32.2. The summed E-state index contributed by atoms with van der Waals surface area (Å²) in [5, 5.41) is 6.08. The average Bonchev–Trinajstić information content (AvgIpc) is 3.00. The van der Waals surface area contributed by atoms with Crippen LogP contribution in [0.2, 0.25) is 0 Å². The summed E-state index contributed by atoms with van der Waals surface area (Å²) in [6, 6.07) is 5.30. The number of fused-ring (bicyclic) bond motifs is 1. The molecule has 1 aliphatic rings. The van der Waals surface area contributed by atoms with Gasteiger partial charge in [-0.15, -0.1) is 11.3 Å². The summed E-state index contributed by atoms with van der Waals surface area (Å²) in [5.74, 6) is 0. The molecular weight excluding hydrogens is 306 g/mol. The molecule has 0 saturated carbocycles. The SMILES string of the molecule is O=S(=O)(NCCc1nccs1)c1ccc2c(c1)NCCC2. The molecule has 1 aromatic carbocycles. The van der Waals surface area contributed by atoms with Crippen molar-refractivity contribution in [3.8, 4) is 0 Å². The molecule has 0 saturated heterocycles. The Bertz CT molecular complexity index is 712. The smallest absolute Gasteiger partial charge is 0.240 e. The highest BCUT2D eigenvalue weighted by Crippen LogP contribution is 2.25. The first-order valence-corrected chi connectivity index (χ1v) is 9.26. The monoisotopic (exact) mass is 323 g/mol. The van der Waals surface area contributed by atoms with Crippen LogP contribution in [0.15, 0.2) is 34.7 Å². The minimum atomic E-state index is -3.46. The summed E-state index contributed by atoms with van der Waals surface area (Å²) < 4.78 is 27.2. The van der Waals surface area contributed by atoms with Crippen LogP contribution in [0, 0.1) is 0 Å². The largest absolute Gasteiger partial charge is 0.385 e. The number of nitrogens with zero attached hydrogens (tertiary/aromatic N) is 1. The molecule has 3 rings (SSSR count). The van der Waals surface area contributed by atoms with Gasteiger partial charge in [0.05, 0.1) is 9.90 Å². The molecule has 0 radical (unpaired) electrons. The van der Waals surface area contributed by atoms with Crippen LogP contribution in [0.4, 0.5) is 5.69 Å². The number of thiazole rings is 1. The van der Waals surface area contributed by atoms with Crippen LogP contribution in [-0.4, -0.2) is 26.5 Å². The maximum absolute atomic E-state index is 12.3. The van der Waals surface area contributed by atoms with Gasteiger partial charge in [0.2, 0.25) is 10.0 Å². The Morgan fingerprint density at radius 3 is 3.10 bits per heavy atom. The second kappa shape index (κ2) is 6.13. The van der Waals surface area contributed by atoms with E-state index in [2.05, 4.69) is 15.0 Å². The average molecular weight is 323 g/mol. The second-order valence-electron chi connectivity index (χ2n) is 4.92. The standard InChI is InChI=1S/C14H17N3O2S2/c18-21(19,17-7-5-14-16-8-9-20-14)12-4-3-11-2-1-6-15-13(11)10-12/h3-4,8-10,15,17H,1-2,5-7H2. The summed E-state index contributed by atoms with van der Waals surface area (Å²) in [7, 11) is -3.46. The van der Waals surface area contributed by atoms with Gasteiger partial charge in [-0.05, 0) is 30.5 Å². The molecular formula is C14H17N3O2S2. The van der Waals surface area contributed by atoms with Gasteiger partial charge in [0.15, 0.2) is 0 Å². The molecule has 0 bridgehead atoms. The molecule has 21 heavy (non-hydrogen) atoms. The summed E-state index contributed by atoms with van der Waals surface area (Å²) in [5.41, 5.74) is 2.12. The topological polar surface area (TPSA) is 71.1 Å². The molecule has 0 atom stereocenters. The first kappa shape index (κ1) is 14.5. The van der Waals surface area contributed by atoms with Crippen molar-refractivity contribution in [1.29, 1.82) is 0 Å². The van der Waals surface area contributed by atoms with Crippen LogP contribution in [0.1, 0.15) is 17.0 Å². The zero-order chi connectivity index (χ0) is 14.7. The molecule has 2 N–H and O–H groups in total. The molecule has 0 aliphatic carbocycles. The number of sulfonamides is 1. The quantitative estimate of drug-likeness (QED) is 0.883. The Labute approximate surface area is 128 Å². The number of aromatic nitrogens is 1. The predicted molar refractivity (Wildman–Crippen MR) is 84.3 cm³/mol. The van der Waals surface area contributed by atoms with Crippen LogP contribution in [-0.2, 0) is 22.9 Å². The van der Waals surface area contributed by atoms with E-state index in [0.717, 1.165) is 30.1 Å². The minimum absolute atomic E-state index is 0.315. The summed E-state index contributed by atoms with van der Waals surface area (Å²) in [6.07, 6.45) is 4.43. The fraction of sp³-hybridized carbons (Fsp3) is 0.357. The molecule has 0 amide bonds. The number of hydrogen-bond acceptors (Lipinski definition) is 5. The Kier molecular flexibility index (Phi) is 4.23. The lowest BCUT2D eigenvalue weighted by Gasteiger charge is -2.18. The van der Waals surface area contributed by atoms with Gasteiger partial charge in [0.25, 0.3) is 0 Å². The normalized spacial score (nSPS) is 14.5. The molecule has 112 valence electrons. The molecule has 2 aromatic rings. The van der Waals surface area contributed by atoms with E-state index in [-0.39, 0.29) is 0 Å². The van der Waals surface area contributed by atoms with Gasteiger partial charge in [-0.1, -0.05) is 6.07 Å². The number of hydrogen-bond donors (Lipinski definition) is 2. The third-order valence-electron chi connectivity index (χ3n) is 3.44. The predicted octanol–water partition coefficient (Wildman–Crippen LogP) is 2.02. The van der Waals surface area contributed by atoms with Crippen molar-refractivity contribution in [2.24, 2.45) is 0 Å². The van der Waals surface area contributed by atoms with Gasteiger partial charge >= 0.3 is 0 Å². The minimum Gasteiger partial charge on any atom is -0.385 e. The third kappa shape index (κ3) is 3.42. The van der Waals surface area contributed by atoms with Crippen molar-refractivity contribution in [2.45, 2.75) is 24.2 Å². The van der Waals surface area contributed by atoms with Crippen LogP contribution in [0.3, 0.4) is 0 Å². The number of rotatable bonds is 5. The Hall–Kier alpha value is -1.44. The van der Waals surface area contributed by atoms with E-state index in [1.54, 1.807) is 18.3 Å². The van der Waals surface area contributed by atoms with Crippen LogP contribution in [0.25, 0.3) is 0 Å². The number of nitrogens with one attached hydrogen (secondary N) is 2. The third-order valence-corrected chi connectivity index (χ3v) is 5.74. The molecule has 0 fully saturated rings. The van der Waals surface area contributed by atoms with Gasteiger partial charge in [-0.25, -0.2) is 18.1 Å². The van der Waals surface area contributed by atoms with Crippen LogP contribution in [0.5, 0.6) is 0 Å². The van der Waals surface area contributed by atoms with Gasteiger partial charge < -0.3 is 5.32 Å². The number of benzene rings is 1. The lowest BCUT2D eigenvalue weighted by Crippen LogP contribution is -2.26. The van der Waals surface area contributed by atoms with Crippen molar-refractivity contribution in [3.63, 3.8) is 0 Å². The van der Waals surface area contributed by atoms with E-state index in [0.29, 0.717) is 17.9 Å². The molecule has 0 spiro atoms. The Morgan fingerprint density at radius 1 is 1.38 bits per heavy atom. The van der Waals surface area contributed by atoms with E-state index in [4.69, 9.17) is 0 Å². The molecule has 0 unspecified atom stereocenters. The zero-order valence-electron chi connectivity index (χ0n) is 11.5. The maximum atomic E-state index is 12.3. The molecule has 1 aliphatic heterocycles. The number of anilines is 1. The second-order valence-corrected chi connectivity index (χ2v) is 7.67. The van der Waals surface area contributed by atoms with Gasteiger partial charge in [0, 0.05) is 36.8 Å². The van der Waals surface area contributed by atoms with Gasteiger partial charge in [-0.2, -0.15) is 0 Å². The molecule has 5 nitrogen and oxygen atoms in total. The van der Waals surface area contributed by atoms with E-state index in [9.17, 15) is 8.42 Å². The first-order chi connectivity index (χ1) is 10.1. The highest BCUT2D eigenvalue weighted by Gasteiger charge is 2.17. The molecule has 2 heterocycles. The lowest BCUT2D eigenvalue weighted by molar-refractivity contribution is 0.581. The van der Waals surface area contributed by atoms with Crippen molar-refractivity contribution >= 4 is 27.0 Å². The zero-order valence-corrected chi connectivity index (χ0v) is 13.1.